The second kappa shape index (κ2) is 7.85. The number of piperidine rings is 1. The van der Waals surface area contributed by atoms with Crippen molar-refractivity contribution >= 4 is 11.7 Å². The van der Waals surface area contributed by atoms with Gasteiger partial charge in [-0.05, 0) is 43.9 Å². The van der Waals surface area contributed by atoms with Crippen LogP contribution < -0.4 is 10.2 Å². The summed E-state index contributed by atoms with van der Waals surface area (Å²) in [7, 11) is 0. The first-order chi connectivity index (χ1) is 12.8. The van der Waals surface area contributed by atoms with Crippen molar-refractivity contribution in [1.29, 1.82) is 0 Å². The molecule has 1 saturated heterocycles. The molecule has 3 heterocycles. The molecule has 138 valence electrons. The van der Waals surface area contributed by atoms with E-state index in [2.05, 4.69) is 25.5 Å². The number of hydrogen-bond donors (Lipinski definition) is 1. The van der Waals surface area contributed by atoms with Crippen molar-refractivity contribution in [3.8, 4) is 5.82 Å². The molecule has 7 nitrogen and oxygen atoms in total. The Bertz CT molecular complexity index is 708. The Hall–Kier alpha value is -2.44. The Balaban J connectivity index is 1.37. The number of carbonyl (C=O) groups excluding carboxylic acids is 1. The largest absolute Gasteiger partial charge is 0.354 e. The standard InChI is InChI=1S/C19H26N6O/c26-19(21-16-7-2-1-3-8-16)15-6-4-12-24(14-15)17-9-10-18(23-22-17)25-13-5-11-20-25/h5,9-11,13,15-16H,1-4,6-8,12,14H2,(H,21,26)/t15-/m1/s1. The molecular formula is C19H26N6O. The fraction of sp³-hybridized carbons (Fsp3) is 0.579. The van der Waals surface area contributed by atoms with Crippen LogP contribution in [0.3, 0.4) is 0 Å². The first-order valence-electron chi connectivity index (χ1n) is 9.69. The minimum absolute atomic E-state index is 0.0401. The lowest BCUT2D eigenvalue weighted by molar-refractivity contribution is -0.126. The first kappa shape index (κ1) is 17.0. The van der Waals surface area contributed by atoms with Crippen LogP contribution in [0, 0.1) is 5.92 Å². The quantitative estimate of drug-likeness (QED) is 0.912. The number of amides is 1. The van der Waals surface area contributed by atoms with E-state index in [1.54, 1.807) is 10.9 Å². The molecule has 0 spiro atoms. The molecule has 0 aromatic carbocycles. The molecule has 2 aromatic rings. The second-order valence-corrected chi connectivity index (χ2v) is 7.33. The molecule has 4 rings (SSSR count). The highest BCUT2D eigenvalue weighted by Gasteiger charge is 2.28. The lowest BCUT2D eigenvalue weighted by Gasteiger charge is -2.34. The van der Waals surface area contributed by atoms with Gasteiger partial charge in [0, 0.05) is 31.5 Å². The number of nitrogens with zero attached hydrogens (tertiary/aromatic N) is 5. The van der Waals surface area contributed by atoms with E-state index in [9.17, 15) is 4.79 Å². The van der Waals surface area contributed by atoms with Crippen molar-refractivity contribution in [2.45, 2.75) is 51.0 Å². The first-order valence-corrected chi connectivity index (χ1v) is 9.69. The summed E-state index contributed by atoms with van der Waals surface area (Å²) >= 11 is 0. The average molecular weight is 354 g/mol. The maximum absolute atomic E-state index is 12.7. The van der Waals surface area contributed by atoms with Gasteiger partial charge in [0.25, 0.3) is 0 Å². The van der Waals surface area contributed by atoms with Crippen LogP contribution in [0.5, 0.6) is 0 Å². The topological polar surface area (TPSA) is 75.9 Å². The second-order valence-electron chi connectivity index (χ2n) is 7.33. The number of hydrogen-bond acceptors (Lipinski definition) is 5. The number of anilines is 1. The van der Waals surface area contributed by atoms with Gasteiger partial charge in [-0.2, -0.15) is 5.10 Å². The highest BCUT2D eigenvalue weighted by molar-refractivity contribution is 5.79. The summed E-state index contributed by atoms with van der Waals surface area (Å²) in [5, 5.41) is 16.1. The Kier molecular flexibility index (Phi) is 5.13. The zero-order valence-electron chi connectivity index (χ0n) is 15.0. The van der Waals surface area contributed by atoms with E-state index in [-0.39, 0.29) is 11.8 Å². The van der Waals surface area contributed by atoms with Gasteiger partial charge in [-0.3, -0.25) is 4.79 Å². The van der Waals surface area contributed by atoms with E-state index >= 15 is 0 Å². The molecule has 1 amide bonds. The Labute approximate surface area is 153 Å². The van der Waals surface area contributed by atoms with Crippen LogP contribution in [0.25, 0.3) is 5.82 Å². The SMILES string of the molecule is O=C(NC1CCCCC1)[C@@H]1CCCN(c2ccc(-n3cccn3)nn2)C1. The van der Waals surface area contributed by atoms with Crippen molar-refractivity contribution in [3.63, 3.8) is 0 Å². The predicted octanol–water partition coefficient (Wildman–Crippen LogP) is 2.33. The molecule has 0 bridgehead atoms. The van der Waals surface area contributed by atoms with Crippen molar-refractivity contribution in [2.75, 3.05) is 18.0 Å². The highest BCUT2D eigenvalue weighted by atomic mass is 16.2. The number of aromatic nitrogens is 4. The van der Waals surface area contributed by atoms with E-state index in [0.717, 1.165) is 38.0 Å². The van der Waals surface area contributed by atoms with Gasteiger partial charge >= 0.3 is 0 Å². The molecular weight excluding hydrogens is 328 g/mol. The van der Waals surface area contributed by atoms with Crippen LogP contribution in [-0.2, 0) is 4.79 Å². The summed E-state index contributed by atoms with van der Waals surface area (Å²) in [5.74, 6) is 1.78. The fourth-order valence-corrected chi connectivity index (χ4v) is 3.98. The van der Waals surface area contributed by atoms with Crippen LogP contribution >= 0.6 is 0 Å². The predicted molar refractivity (Wildman–Crippen MR) is 99.1 cm³/mol. The molecule has 26 heavy (non-hydrogen) atoms. The van der Waals surface area contributed by atoms with Crippen molar-refractivity contribution in [2.24, 2.45) is 5.92 Å². The van der Waals surface area contributed by atoms with E-state index in [0.29, 0.717) is 18.4 Å². The summed E-state index contributed by atoms with van der Waals surface area (Å²) in [6, 6.07) is 6.11. The zero-order valence-corrected chi connectivity index (χ0v) is 15.0. The van der Waals surface area contributed by atoms with Crippen LogP contribution in [0.4, 0.5) is 5.82 Å². The lowest BCUT2D eigenvalue weighted by atomic mass is 9.93. The Morgan fingerprint density at radius 2 is 1.85 bits per heavy atom. The van der Waals surface area contributed by atoms with E-state index in [1.807, 2.05) is 24.4 Å². The van der Waals surface area contributed by atoms with Gasteiger partial charge in [0.15, 0.2) is 11.6 Å². The third-order valence-corrected chi connectivity index (χ3v) is 5.44. The average Bonchev–Trinajstić information content (AvgIpc) is 3.24. The van der Waals surface area contributed by atoms with Crippen LogP contribution in [0.2, 0.25) is 0 Å². The Morgan fingerprint density at radius 1 is 1.04 bits per heavy atom. The van der Waals surface area contributed by atoms with Crippen LogP contribution in [0.1, 0.15) is 44.9 Å². The smallest absolute Gasteiger partial charge is 0.225 e. The van der Waals surface area contributed by atoms with Gasteiger partial charge in [0.05, 0.1) is 5.92 Å². The molecule has 7 heteroatoms. The van der Waals surface area contributed by atoms with Crippen molar-refractivity contribution in [1.82, 2.24) is 25.3 Å². The Morgan fingerprint density at radius 3 is 2.58 bits per heavy atom. The molecule has 2 fully saturated rings. The molecule has 0 radical (unpaired) electrons. The van der Waals surface area contributed by atoms with Gasteiger partial charge in [-0.25, -0.2) is 4.68 Å². The van der Waals surface area contributed by atoms with E-state index < -0.39 is 0 Å². The molecule has 1 aliphatic heterocycles. The summed E-state index contributed by atoms with van der Waals surface area (Å²) in [6.07, 6.45) is 11.5. The van der Waals surface area contributed by atoms with Gasteiger partial charge in [0.1, 0.15) is 0 Å². The number of rotatable bonds is 4. The van der Waals surface area contributed by atoms with Gasteiger partial charge in [-0.1, -0.05) is 19.3 Å². The van der Waals surface area contributed by atoms with Crippen LogP contribution in [0.15, 0.2) is 30.6 Å². The summed E-state index contributed by atoms with van der Waals surface area (Å²) in [6.45, 7) is 1.64. The van der Waals surface area contributed by atoms with Crippen LogP contribution in [-0.4, -0.2) is 45.0 Å². The minimum atomic E-state index is 0.0401. The van der Waals surface area contributed by atoms with Gasteiger partial charge < -0.3 is 10.2 Å². The number of carbonyl (C=O) groups is 1. The van der Waals surface area contributed by atoms with Crippen molar-refractivity contribution < 1.29 is 4.79 Å². The van der Waals surface area contributed by atoms with E-state index in [1.165, 1.54) is 19.3 Å². The van der Waals surface area contributed by atoms with Gasteiger partial charge in [0.2, 0.25) is 5.91 Å². The normalized spacial score (nSPS) is 21.5. The molecule has 1 saturated carbocycles. The summed E-state index contributed by atoms with van der Waals surface area (Å²) in [5.41, 5.74) is 0. The lowest BCUT2D eigenvalue weighted by Crippen LogP contribution is -2.46. The maximum atomic E-state index is 12.7. The third kappa shape index (κ3) is 3.86. The van der Waals surface area contributed by atoms with Crippen molar-refractivity contribution in [3.05, 3.63) is 30.6 Å². The maximum Gasteiger partial charge on any atom is 0.225 e. The minimum Gasteiger partial charge on any atom is -0.354 e. The molecule has 2 aliphatic rings. The molecule has 0 unspecified atom stereocenters. The number of nitrogens with one attached hydrogen (secondary N) is 1. The van der Waals surface area contributed by atoms with Gasteiger partial charge in [-0.15, -0.1) is 10.2 Å². The molecule has 1 atom stereocenters. The fourth-order valence-electron chi connectivity index (χ4n) is 3.98. The third-order valence-electron chi connectivity index (χ3n) is 5.44. The monoisotopic (exact) mass is 354 g/mol. The summed E-state index contributed by atoms with van der Waals surface area (Å²) < 4.78 is 1.69. The molecule has 1 aliphatic carbocycles. The van der Waals surface area contributed by atoms with E-state index in [4.69, 9.17) is 0 Å². The summed E-state index contributed by atoms with van der Waals surface area (Å²) in [4.78, 5) is 14.8. The molecule has 1 N–H and O–H groups in total. The molecule has 2 aromatic heterocycles. The zero-order chi connectivity index (χ0) is 17.8. The highest BCUT2D eigenvalue weighted by Crippen LogP contribution is 2.23.